The average molecular weight is 500 g/mol. The number of carbonyl (C=O) groups excluding carboxylic acids is 1. The summed E-state index contributed by atoms with van der Waals surface area (Å²) in [7, 11) is 3.09. The van der Waals surface area contributed by atoms with Crippen LogP contribution in [0, 0.1) is 0 Å². The lowest BCUT2D eigenvalue weighted by Gasteiger charge is -2.12. The van der Waals surface area contributed by atoms with E-state index in [0.717, 1.165) is 10.4 Å². The van der Waals surface area contributed by atoms with Gasteiger partial charge in [0.25, 0.3) is 5.56 Å². The molecule has 1 amide bonds. The molecule has 7 nitrogen and oxygen atoms in total. The van der Waals surface area contributed by atoms with E-state index in [1.165, 1.54) is 23.1 Å². The first kappa shape index (κ1) is 23.1. The monoisotopic (exact) mass is 499 g/mol. The largest absolute Gasteiger partial charge is 0.497 e. The van der Waals surface area contributed by atoms with Gasteiger partial charge in [0.1, 0.15) is 16.3 Å². The van der Waals surface area contributed by atoms with E-state index in [9.17, 15) is 9.59 Å². The van der Waals surface area contributed by atoms with Crippen molar-refractivity contribution in [3.05, 3.63) is 64.1 Å². The number of nitrogens with one attached hydrogen (secondary N) is 1. The van der Waals surface area contributed by atoms with Crippen molar-refractivity contribution >= 4 is 56.2 Å². The summed E-state index contributed by atoms with van der Waals surface area (Å²) in [6.45, 7) is 4.07. The second-order valence-corrected chi connectivity index (χ2v) is 9.59. The topological polar surface area (TPSA) is 82.5 Å². The highest BCUT2D eigenvalue weighted by Gasteiger charge is 2.18. The summed E-state index contributed by atoms with van der Waals surface area (Å²) >= 11 is 4.22. The molecule has 0 aliphatic carbocycles. The highest BCUT2D eigenvalue weighted by molar-refractivity contribution is 7.99. The minimum absolute atomic E-state index is 0.0811. The third-order valence-corrected chi connectivity index (χ3v) is 7.48. The summed E-state index contributed by atoms with van der Waals surface area (Å²) in [5, 5.41) is 7.85. The number of allylic oxidation sites excluding steroid dienone is 1. The Morgan fingerprint density at radius 3 is 2.64 bits per heavy atom. The molecule has 0 fully saturated rings. The number of aromatic nitrogens is 2. The van der Waals surface area contributed by atoms with E-state index in [1.807, 2.05) is 22.9 Å². The van der Waals surface area contributed by atoms with Crippen LogP contribution in [0.15, 0.2) is 63.7 Å². The normalized spacial score (nSPS) is 10.8. The zero-order valence-electron chi connectivity index (χ0n) is 18.0. The molecule has 4 rings (SSSR count). The van der Waals surface area contributed by atoms with Gasteiger partial charge in [0.2, 0.25) is 5.91 Å². The average Bonchev–Trinajstić information content (AvgIpc) is 3.49. The lowest BCUT2D eigenvalue weighted by atomic mass is 10.2. The van der Waals surface area contributed by atoms with Crippen LogP contribution in [-0.4, -0.2) is 35.4 Å². The highest BCUT2D eigenvalue weighted by Crippen LogP contribution is 2.34. The summed E-state index contributed by atoms with van der Waals surface area (Å²) < 4.78 is 12.0. The Kier molecular flexibility index (Phi) is 7.17. The third-order valence-electron chi connectivity index (χ3n) is 4.72. The van der Waals surface area contributed by atoms with Crippen molar-refractivity contribution in [3.63, 3.8) is 0 Å². The summed E-state index contributed by atoms with van der Waals surface area (Å²) in [4.78, 5) is 32.3. The first-order chi connectivity index (χ1) is 16.0. The summed E-state index contributed by atoms with van der Waals surface area (Å²) in [5.41, 5.74) is 1.31. The van der Waals surface area contributed by atoms with E-state index in [4.69, 9.17) is 14.5 Å². The molecule has 170 valence electrons. The minimum atomic E-state index is -0.236. The molecule has 0 atom stereocenters. The van der Waals surface area contributed by atoms with Gasteiger partial charge in [-0.25, -0.2) is 4.98 Å². The van der Waals surface area contributed by atoms with Gasteiger partial charge in [-0.15, -0.1) is 29.3 Å². The maximum absolute atomic E-state index is 13.3. The van der Waals surface area contributed by atoms with E-state index in [-0.39, 0.29) is 17.2 Å². The molecule has 1 aromatic carbocycles. The highest BCUT2D eigenvalue weighted by atomic mass is 32.2. The van der Waals surface area contributed by atoms with Crippen molar-refractivity contribution in [2.24, 2.45) is 0 Å². The predicted octanol–water partition coefficient (Wildman–Crippen LogP) is 5.12. The molecule has 0 saturated heterocycles. The Hall–Kier alpha value is -3.08. The van der Waals surface area contributed by atoms with Gasteiger partial charge in [0.15, 0.2) is 5.16 Å². The Balaban J connectivity index is 1.58. The fourth-order valence-corrected chi connectivity index (χ4v) is 5.84. The maximum atomic E-state index is 13.3. The second-order valence-electron chi connectivity index (χ2n) is 6.84. The molecule has 4 aromatic rings. The van der Waals surface area contributed by atoms with Crippen LogP contribution in [0.2, 0.25) is 0 Å². The minimum Gasteiger partial charge on any atom is -0.497 e. The van der Waals surface area contributed by atoms with Crippen LogP contribution in [-0.2, 0) is 11.3 Å². The van der Waals surface area contributed by atoms with E-state index < -0.39 is 0 Å². The number of fused-ring (bicyclic) bond motifs is 1. The molecular formula is C23H21N3O4S3. The van der Waals surface area contributed by atoms with E-state index in [0.29, 0.717) is 39.1 Å². The van der Waals surface area contributed by atoms with Crippen LogP contribution in [0.25, 0.3) is 20.7 Å². The van der Waals surface area contributed by atoms with Gasteiger partial charge >= 0.3 is 0 Å². The van der Waals surface area contributed by atoms with E-state index >= 15 is 0 Å². The number of thioether (sulfide) groups is 1. The molecule has 0 unspecified atom stereocenters. The van der Waals surface area contributed by atoms with Crippen molar-refractivity contribution in [1.82, 2.24) is 9.55 Å². The quantitative estimate of drug-likeness (QED) is 0.196. The molecular weight excluding hydrogens is 478 g/mol. The number of amides is 1. The molecule has 0 aliphatic heterocycles. The molecule has 10 heteroatoms. The Morgan fingerprint density at radius 2 is 2.00 bits per heavy atom. The van der Waals surface area contributed by atoms with Gasteiger partial charge in [0, 0.05) is 46.3 Å². The molecule has 33 heavy (non-hydrogen) atoms. The molecule has 0 radical (unpaired) electrons. The molecule has 3 aromatic heterocycles. The standard InChI is InChI=1S/C23H21N3O4S3/c1-4-7-26-22(28)20-17(18-6-5-8-31-18)12-32-21(20)25-23(26)33-13-19(27)24-14-9-15(29-2)11-16(10-14)30-3/h4-6,8-12H,1,7,13H2,2-3H3,(H,24,27). The molecule has 1 N–H and O–H groups in total. The Morgan fingerprint density at radius 1 is 1.24 bits per heavy atom. The Bertz CT molecular complexity index is 1340. The number of rotatable bonds is 9. The Labute approximate surface area is 202 Å². The molecule has 0 spiro atoms. The van der Waals surface area contributed by atoms with Gasteiger partial charge in [-0.3, -0.25) is 14.2 Å². The van der Waals surface area contributed by atoms with Crippen LogP contribution in [0.1, 0.15) is 0 Å². The third kappa shape index (κ3) is 4.97. The van der Waals surface area contributed by atoms with Crippen LogP contribution in [0.4, 0.5) is 5.69 Å². The van der Waals surface area contributed by atoms with Crippen LogP contribution in [0.3, 0.4) is 0 Å². The number of carbonyl (C=O) groups is 1. The zero-order chi connectivity index (χ0) is 23.4. The lowest BCUT2D eigenvalue weighted by molar-refractivity contribution is -0.113. The molecule has 0 bridgehead atoms. The first-order valence-electron chi connectivity index (χ1n) is 9.86. The number of hydrogen-bond acceptors (Lipinski definition) is 8. The number of hydrogen-bond donors (Lipinski definition) is 1. The van der Waals surface area contributed by atoms with Crippen molar-refractivity contribution in [2.75, 3.05) is 25.3 Å². The number of ether oxygens (including phenoxy) is 2. The fraction of sp³-hybridized carbons (Fsp3) is 0.174. The molecule has 0 saturated carbocycles. The van der Waals surface area contributed by atoms with Gasteiger partial charge in [-0.1, -0.05) is 23.9 Å². The molecule has 0 aliphatic rings. The van der Waals surface area contributed by atoms with Crippen LogP contribution < -0.4 is 20.3 Å². The lowest BCUT2D eigenvalue weighted by Crippen LogP contribution is -2.23. The van der Waals surface area contributed by atoms with Gasteiger partial charge in [-0.05, 0) is 11.4 Å². The van der Waals surface area contributed by atoms with Crippen molar-refractivity contribution in [2.45, 2.75) is 11.7 Å². The number of benzene rings is 1. The number of methoxy groups -OCH3 is 2. The zero-order valence-corrected chi connectivity index (χ0v) is 20.4. The van der Waals surface area contributed by atoms with Crippen molar-refractivity contribution in [1.29, 1.82) is 0 Å². The maximum Gasteiger partial charge on any atom is 0.263 e. The second kappa shape index (κ2) is 10.2. The predicted molar refractivity (Wildman–Crippen MR) is 136 cm³/mol. The SMILES string of the molecule is C=CCn1c(SCC(=O)Nc2cc(OC)cc(OC)c2)nc2scc(-c3cccs3)c2c1=O. The number of nitrogens with zero attached hydrogens (tertiary/aromatic N) is 2. The smallest absolute Gasteiger partial charge is 0.263 e. The summed E-state index contributed by atoms with van der Waals surface area (Å²) in [6, 6.07) is 9.09. The van der Waals surface area contributed by atoms with Crippen LogP contribution in [0.5, 0.6) is 11.5 Å². The first-order valence-corrected chi connectivity index (χ1v) is 12.6. The van der Waals surface area contributed by atoms with E-state index in [2.05, 4.69) is 11.9 Å². The fourth-order valence-electron chi connectivity index (χ4n) is 3.23. The summed E-state index contributed by atoms with van der Waals surface area (Å²) in [5.74, 6) is 0.991. The molecule has 3 heterocycles. The number of anilines is 1. The van der Waals surface area contributed by atoms with Crippen LogP contribution >= 0.6 is 34.4 Å². The number of thiophene rings is 2. The van der Waals surface area contributed by atoms with Crippen molar-refractivity contribution < 1.29 is 14.3 Å². The van der Waals surface area contributed by atoms with Gasteiger partial charge in [-0.2, -0.15) is 0 Å². The van der Waals surface area contributed by atoms with Crippen molar-refractivity contribution in [3.8, 4) is 21.9 Å². The van der Waals surface area contributed by atoms with Gasteiger partial charge in [0.05, 0.1) is 25.4 Å². The van der Waals surface area contributed by atoms with E-state index in [1.54, 1.807) is 54.4 Å². The van der Waals surface area contributed by atoms with Gasteiger partial charge < -0.3 is 14.8 Å². The summed E-state index contributed by atoms with van der Waals surface area (Å²) in [6.07, 6.45) is 1.65.